The third kappa shape index (κ3) is 4.87. The molecule has 2 N–H and O–H groups in total. The van der Waals surface area contributed by atoms with E-state index >= 15 is 0 Å². The molecule has 1 amide bonds. The van der Waals surface area contributed by atoms with E-state index in [1.807, 2.05) is 0 Å². The van der Waals surface area contributed by atoms with Crippen LogP contribution in [-0.2, 0) is 9.59 Å². The van der Waals surface area contributed by atoms with Gasteiger partial charge in [0.05, 0.1) is 16.2 Å². The SMILES string of the molecule is CC(Oc1cccc(/C=C2\SC(=Nc3ccc(C(=O)O)cc3)N(C)C2=O)c1)C(=O)O. The average molecular weight is 426 g/mol. The second-order valence-electron chi connectivity index (χ2n) is 6.39. The number of hydrogen-bond acceptors (Lipinski definition) is 6. The molecular weight excluding hydrogens is 408 g/mol. The Bertz CT molecular complexity index is 1060. The number of aromatic carboxylic acids is 1. The van der Waals surface area contributed by atoms with Crippen LogP contribution in [-0.4, -0.2) is 51.3 Å². The van der Waals surface area contributed by atoms with E-state index in [9.17, 15) is 14.4 Å². The predicted octanol–water partition coefficient (Wildman–Crippen LogP) is 3.47. The van der Waals surface area contributed by atoms with Crippen LogP contribution < -0.4 is 4.74 Å². The number of carbonyl (C=O) groups excluding carboxylic acids is 1. The summed E-state index contributed by atoms with van der Waals surface area (Å²) in [5, 5.41) is 18.4. The van der Waals surface area contributed by atoms with Crippen molar-refractivity contribution in [3.63, 3.8) is 0 Å². The van der Waals surface area contributed by atoms with Crippen LogP contribution in [0.2, 0.25) is 0 Å². The van der Waals surface area contributed by atoms with Gasteiger partial charge in [-0.05, 0) is 66.7 Å². The Kier molecular flexibility index (Phi) is 6.22. The van der Waals surface area contributed by atoms with Crippen molar-refractivity contribution in [1.82, 2.24) is 4.90 Å². The van der Waals surface area contributed by atoms with Gasteiger partial charge in [-0.1, -0.05) is 12.1 Å². The lowest BCUT2D eigenvalue weighted by Crippen LogP contribution is -2.23. The van der Waals surface area contributed by atoms with Crippen LogP contribution >= 0.6 is 11.8 Å². The number of likely N-dealkylation sites (N-methyl/N-ethyl adjacent to an activating group) is 1. The number of benzene rings is 2. The van der Waals surface area contributed by atoms with Gasteiger partial charge in [0, 0.05) is 7.05 Å². The Balaban J connectivity index is 1.81. The summed E-state index contributed by atoms with van der Waals surface area (Å²) >= 11 is 1.19. The number of aliphatic carboxylic acids is 1. The molecule has 2 aromatic rings. The van der Waals surface area contributed by atoms with Gasteiger partial charge >= 0.3 is 11.9 Å². The van der Waals surface area contributed by atoms with Crippen molar-refractivity contribution in [3.8, 4) is 5.75 Å². The van der Waals surface area contributed by atoms with Gasteiger partial charge < -0.3 is 14.9 Å². The molecule has 1 unspecified atom stereocenters. The van der Waals surface area contributed by atoms with Crippen LogP contribution in [0, 0.1) is 0 Å². The molecule has 30 heavy (non-hydrogen) atoms. The summed E-state index contributed by atoms with van der Waals surface area (Å²) in [7, 11) is 1.61. The molecule has 1 heterocycles. The van der Waals surface area contributed by atoms with Gasteiger partial charge in [0.25, 0.3) is 5.91 Å². The van der Waals surface area contributed by atoms with Crippen LogP contribution in [0.3, 0.4) is 0 Å². The van der Waals surface area contributed by atoms with Crippen LogP contribution in [0.5, 0.6) is 5.75 Å². The molecule has 0 aromatic heterocycles. The largest absolute Gasteiger partial charge is 0.479 e. The number of rotatable bonds is 6. The molecule has 1 aliphatic rings. The van der Waals surface area contributed by atoms with Crippen molar-refractivity contribution in [2.45, 2.75) is 13.0 Å². The van der Waals surface area contributed by atoms with Gasteiger partial charge in [-0.3, -0.25) is 9.69 Å². The first-order valence-corrected chi connectivity index (χ1v) is 9.65. The van der Waals surface area contributed by atoms with Crippen molar-refractivity contribution >= 4 is 46.5 Å². The molecule has 0 bridgehead atoms. The number of carbonyl (C=O) groups is 3. The maximum atomic E-state index is 12.6. The minimum absolute atomic E-state index is 0.155. The molecule has 154 valence electrons. The molecule has 1 aliphatic heterocycles. The second kappa shape index (κ2) is 8.83. The third-order valence-corrected chi connectivity index (χ3v) is 5.22. The lowest BCUT2D eigenvalue weighted by Gasteiger charge is -2.10. The maximum Gasteiger partial charge on any atom is 0.344 e. The number of amides is 1. The summed E-state index contributed by atoms with van der Waals surface area (Å²) in [6, 6.07) is 12.8. The van der Waals surface area contributed by atoms with Crippen molar-refractivity contribution in [2.75, 3.05) is 7.05 Å². The van der Waals surface area contributed by atoms with E-state index in [0.717, 1.165) is 0 Å². The monoisotopic (exact) mass is 426 g/mol. The third-order valence-electron chi connectivity index (χ3n) is 4.16. The number of hydrogen-bond donors (Lipinski definition) is 2. The first-order valence-electron chi connectivity index (χ1n) is 8.84. The number of aliphatic imine (C=N–C) groups is 1. The van der Waals surface area contributed by atoms with Crippen LogP contribution in [0.4, 0.5) is 5.69 Å². The predicted molar refractivity (Wildman–Crippen MR) is 113 cm³/mol. The Morgan fingerprint density at radius 3 is 2.50 bits per heavy atom. The van der Waals surface area contributed by atoms with E-state index in [-0.39, 0.29) is 11.5 Å². The summed E-state index contributed by atoms with van der Waals surface area (Å²) in [4.78, 5) is 40.7. The highest BCUT2D eigenvalue weighted by molar-refractivity contribution is 8.18. The highest BCUT2D eigenvalue weighted by Crippen LogP contribution is 2.33. The second-order valence-corrected chi connectivity index (χ2v) is 7.40. The molecular formula is C21H18N2O6S. The lowest BCUT2D eigenvalue weighted by molar-refractivity contribution is -0.144. The molecule has 0 spiro atoms. The smallest absolute Gasteiger partial charge is 0.344 e. The summed E-state index contributed by atoms with van der Waals surface area (Å²) < 4.78 is 5.36. The summed E-state index contributed by atoms with van der Waals surface area (Å²) in [5.74, 6) is -1.94. The molecule has 8 nitrogen and oxygen atoms in total. The lowest BCUT2D eigenvalue weighted by atomic mass is 10.2. The molecule has 0 saturated carbocycles. The Labute approximate surface area is 176 Å². The Morgan fingerprint density at radius 1 is 1.17 bits per heavy atom. The van der Waals surface area contributed by atoms with Crippen LogP contribution in [0.25, 0.3) is 6.08 Å². The number of ether oxygens (including phenoxy) is 1. The fourth-order valence-electron chi connectivity index (χ4n) is 2.52. The molecule has 1 atom stereocenters. The normalized spacial score (nSPS) is 17.4. The Hall–Kier alpha value is -3.59. The quantitative estimate of drug-likeness (QED) is 0.679. The fraction of sp³-hybridized carbons (Fsp3) is 0.143. The zero-order valence-corrected chi connectivity index (χ0v) is 16.9. The number of amidine groups is 1. The molecule has 0 aliphatic carbocycles. The van der Waals surface area contributed by atoms with E-state index < -0.39 is 18.0 Å². The topological polar surface area (TPSA) is 117 Å². The van der Waals surface area contributed by atoms with Gasteiger partial charge in [0.1, 0.15) is 5.75 Å². The average Bonchev–Trinajstić information content (AvgIpc) is 2.96. The molecule has 9 heteroatoms. The van der Waals surface area contributed by atoms with Crippen molar-refractivity contribution in [3.05, 3.63) is 64.6 Å². The van der Waals surface area contributed by atoms with E-state index in [1.54, 1.807) is 49.5 Å². The minimum atomic E-state index is -1.07. The van der Waals surface area contributed by atoms with Crippen LogP contribution in [0.15, 0.2) is 58.4 Å². The zero-order valence-electron chi connectivity index (χ0n) is 16.1. The van der Waals surface area contributed by atoms with Crippen molar-refractivity contribution in [1.29, 1.82) is 0 Å². The summed E-state index contributed by atoms with van der Waals surface area (Å²) in [6.45, 7) is 1.44. The molecule has 1 saturated heterocycles. The molecule has 2 aromatic carbocycles. The van der Waals surface area contributed by atoms with Crippen molar-refractivity contribution < 1.29 is 29.3 Å². The number of carboxylic acid groups (broad SMARTS) is 2. The van der Waals surface area contributed by atoms with E-state index in [2.05, 4.69) is 4.99 Å². The van der Waals surface area contributed by atoms with Gasteiger partial charge in [0.15, 0.2) is 11.3 Å². The highest BCUT2D eigenvalue weighted by Gasteiger charge is 2.30. The number of carboxylic acids is 2. The molecule has 0 radical (unpaired) electrons. The van der Waals surface area contributed by atoms with Gasteiger partial charge in [-0.2, -0.15) is 0 Å². The van der Waals surface area contributed by atoms with Gasteiger partial charge in [-0.25, -0.2) is 14.6 Å². The maximum absolute atomic E-state index is 12.6. The number of thioether (sulfide) groups is 1. The van der Waals surface area contributed by atoms with Crippen molar-refractivity contribution in [2.24, 2.45) is 4.99 Å². The van der Waals surface area contributed by atoms with Crippen LogP contribution in [0.1, 0.15) is 22.8 Å². The van der Waals surface area contributed by atoms with E-state index in [0.29, 0.717) is 27.1 Å². The van der Waals surface area contributed by atoms with Gasteiger partial charge in [0.2, 0.25) is 0 Å². The highest BCUT2D eigenvalue weighted by atomic mass is 32.2. The fourth-order valence-corrected chi connectivity index (χ4v) is 3.51. The van der Waals surface area contributed by atoms with Gasteiger partial charge in [-0.15, -0.1) is 0 Å². The van der Waals surface area contributed by atoms with E-state index in [4.69, 9.17) is 14.9 Å². The Morgan fingerprint density at radius 2 is 1.87 bits per heavy atom. The van der Waals surface area contributed by atoms with E-state index in [1.165, 1.54) is 35.7 Å². The molecule has 1 fully saturated rings. The number of nitrogens with zero attached hydrogens (tertiary/aromatic N) is 2. The first-order chi connectivity index (χ1) is 14.2. The first kappa shape index (κ1) is 21.1. The molecule has 3 rings (SSSR count). The summed E-state index contributed by atoms with van der Waals surface area (Å²) in [6.07, 6.45) is 0.686. The minimum Gasteiger partial charge on any atom is -0.479 e. The standard InChI is InChI=1S/C21H18N2O6S/c1-12(19(25)26)29-16-5-3-4-13(10-16)11-17-18(24)23(2)21(30-17)22-15-8-6-14(7-9-15)20(27)28/h3-12H,1-2H3,(H,25,26)(H,27,28)/b17-11-,22-21?. The summed E-state index contributed by atoms with van der Waals surface area (Å²) in [5.41, 5.74) is 1.37. The zero-order chi connectivity index (χ0) is 21.8.